The quantitative estimate of drug-likeness (QED) is 0.913. The van der Waals surface area contributed by atoms with Gasteiger partial charge >= 0.3 is 0 Å². The predicted octanol–water partition coefficient (Wildman–Crippen LogP) is 2.73. The highest BCUT2D eigenvalue weighted by Gasteiger charge is 2.20. The lowest BCUT2D eigenvalue weighted by molar-refractivity contribution is 0.229. The van der Waals surface area contributed by atoms with Gasteiger partial charge in [-0.15, -0.1) is 0 Å². The van der Waals surface area contributed by atoms with Crippen LogP contribution in [0.25, 0.3) is 0 Å². The molecule has 1 heterocycles. The number of piperidine rings is 1. The second kappa shape index (κ2) is 5.98. The van der Waals surface area contributed by atoms with Crippen LogP contribution in [0.15, 0.2) is 12.1 Å². The summed E-state index contributed by atoms with van der Waals surface area (Å²) in [6, 6.07) is 3.95. The van der Waals surface area contributed by atoms with Crippen LogP contribution in [0.2, 0.25) is 0 Å². The van der Waals surface area contributed by atoms with E-state index in [9.17, 15) is 8.78 Å². The largest absolute Gasteiger partial charge is 0.377 e. The molecule has 0 spiro atoms. The van der Waals surface area contributed by atoms with Crippen LogP contribution < -0.4 is 5.32 Å². The Balaban J connectivity index is 2.06. The van der Waals surface area contributed by atoms with Gasteiger partial charge in [-0.25, -0.2) is 8.78 Å². The van der Waals surface area contributed by atoms with Gasteiger partial charge in [-0.05, 0) is 31.5 Å². The molecule has 5 heteroatoms. The number of likely N-dealkylation sites (tertiary alicyclic amines) is 1. The molecule has 1 saturated heterocycles. The minimum Gasteiger partial charge on any atom is -0.377 e. The predicted molar refractivity (Wildman–Crippen MR) is 69.8 cm³/mol. The van der Waals surface area contributed by atoms with Crippen molar-refractivity contribution in [3.63, 3.8) is 0 Å². The Morgan fingerprint density at radius 1 is 1.32 bits per heavy atom. The van der Waals surface area contributed by atoms with Crippen molar-refractivity contribution < 1.29 is 8.78 Å². The van der Waals surface area contributed by atoms with E-state index in [1.54, 1.807) is 6.07 Å². The molecule has 1 fully saturated rings. The SMILES string of the molecule is CCN1CCC(Nc2c(F)cc(C#N)cc2F)CC1. The fraction of sp³-hybridized carbons (Fsp3) is 0.500. The molecule has 2 rings (SSSR count). The molecular formula is C14H17F2N3. The topological polar surface area (TPSA) is 39.1 Å². The van der Waals surface area contributed by atoms with E-state index in [0.717, 1.165) is 44.6 Å². The van der Waals surface area contributed by atoms with Crippen LogP contribution in [-0.4, -0.2) is 30.6 Å². The summed E-state index contributed by atoms with van der Waals surface area (Å²) in [5.41, 5.74) is -0.115. The lowest BCUT2D eigenvalue weighted by Crippen LogP contribution is -2.39. The van der Waals surface area contributed by atoms with E-state index in [1.807, 2.05) is 0 Å². The number of hydrogen-bond acceptors (Lipinski definition) is 3. The first-order valence-electron chi connectivity index (χ1n) is 6.52. The van der Waals surface area contributed by atoms with Gasteiger partial charge in [-0.1, -0.05) is 6.92 Å². The van der Waals surface area contributed by atoms with Crippen molar-refractivity contribution in [2.75, 3.05) is 25.0 Å². The van der Waals surface area contributed by atoms with E-state index in [-0.39, 0.29) is 17.3 Å². The van der Waals surface area contributed by atoms with E-state index in [4.69, 9.17) is 5.26 Å². The molecule has 0 unspecified atom stereocenters. The monoisotopic (exact) mass is 265 g/mol. The van der Waals surface area contributed by atoms with Gasteiger partial charge in [0, 0.05) is 19.1 Å². The molecule has 19 heavy (non-hydrogen) atoms. The molecule has 1 N–H and O–H groups in total. The third kappa shape index (κ3) is 3.21. The fourth-order valence-corrected chi connectivity index (χ4v) is 2.37. The zero-order chi connectivity index (χ0) is 13.8. The van der Waals surface area contributed by atoms with Crippen LogP contribution in [0.3, 0.4) is 0 Å². The Morgan fingerprint density at radius 2 is 1.89 bits per heavy atom. The number of nitrogens with zero attached hydrogens (tertiary/aromatic N) is 2. The van der Waals surface area contributed by atoms with Crippen molar-refractivity contribution in [2.45, 2.75) is 25.8 Å². The number of benzene rings is 1. The van der Waals surface area contributed by atoms with E-state index in [0.29, 0.717) is 0 Å². The van der Waals surface area contributed by atoms with Crippen molar-refractivity contribution in [2.24, 2.45) is 0 Å². The fourth-order valence-electron chi connectivity index (χ4n) is 2.37. The average molecular weight is 265 g/mol. The van der Waals surface area contributed by atoms with Gasteiger partial charge < -0.3 is 10.2 Å². The Hall–Kier alpha value is -1.67. The van der Waals surface area contributed by atoms with Crippen molar-refractivity contribution >= 4 is 5.69 Å². The van der Waals surface area contributed by atoms with Crippen LogP contribution >= 0.6 is 0 Å². The van der Waals surface area contributed by atoms with Gasteiger partial charge in [0.25, 0.3) is 0 Å². The van der Waals surface area contributed by atoms with Gasteiger partial charge in [0.2, 0.25) is 0 Å². The zero-order valence-electron chi connectivity index (χ0n) is 10.9. The molecule has 0 saturated carbocycles. The summed E-state index contributed by atoms with van der Waals surface area (Å²) in [4.78, 5) is 2.31. The minimum atomic E-state index is -0.700. The molecular weight excluding hydrogens is 248 g/mol. The van der Waals surface area contributed by atoms with Gasteiger partial charge in [0.1, 0.15) is 5.69 Å². The molecule has 0 radical (unpaired) electrons. The third-order valence-corrected chi connectivity index (χ3v) is 3.55. The first kappa shape index (κ1) is 13.8. The first-order chi connectivity index (χ1) is 9.13. The summed E-state index contributed by atoms with van der Waals surface area (Å²) >= 11 is 0. The molecule has 0 atom stereocenters. The van der Waals surface area contributed by atoms with Gasteiger partial charge in [0.15, 0.2) is 11.6 Å². The highest BCUT2D eigenvalue weighted by atomic mass is 19.1. The van der Waals surface area contributed by atoms with E-state index in [2.05, 4.69) is 17.1 Å². The maximum Gasteiger partial charge on any atom is 0.150 e. The maximum atomic E-state index is 13.7. The Bertz CT molecular complexity index is 465. The summed E-state index contributed by atoms with van der Waals surface area (Å²) in [6.07, 6.45) is 1.74. The van der Waals surface area contributed by atoms with Crippen LogP contribution in [0.4, 0.5) is 14.5 Å². The number of halogens is 2. The molecule has 1 aromatic rings. The minimum absolute atomic E-state index is 0.00125. The van der Waals surface area contributed by atoms with Gasteiger partial charge in [-0.3, -0.25) is 0 Å². The molecule has 1 aliphatic heterocycles. The lowest BCUT2D eigenvalue weighted by Gasteiger charge is -2.32. The second-order valence-electron chi connectivity index (χ2n) is 4.78. The van der Waals surface area contributed by atoms with Crippen molar-refractivity contribution in [1.82, 2.24) is 4.90 Å². The van der Waals surface area contributed by atoms with Crippen LogP contribution in [0.1, 0.15) is 25.3 Å². The van der Waals surface area contributed by atoms with Crippen molar-refractivity contribution in [3.05, 3.63) is 29.3 Å². The second-order valence-corrected chi connectivity index (χ2v) is 4.78. The number of hydrogen-bond donors (Lipinski definition) is 1. The summed E-state index contributed by atoms with van der Waals surface area (Å²) in [6.45, 7) is 4.99. The lowest BCUT2D eigenvalue weighted by atomic mass is 10.0. The molecule has 0 aromatic heterocycles. The Labute approximate surface area is 111 Å². The van der Waals surface area contributed by atoms with E-state index >= 15 is 0 Å². The standard InChI is InChI=1S/C14H17F2N3/c1-2-19-5-3-11(4-6-19)18-14-12(15)7-10(9-17)8-13(14)16/h7-8,11,18H,2-6H2,1H3. The number of nitriles is 1. The molecule has 3 nitrogen and oxygen atoms in total. The van der Waals surface area contributed by atoms with Gasteiger partial charge in [0.05, 0.1) is 11.6 Å². The Morgan fingerprint density at radius 3 is 2.37 bits per heavy atom. The molecule has 1 aliphatic rings. The molecule has 0 amide bonds. The van der Waals surface area contributed by atoms with E-state index in [1.165, 1.54) is 0 Å². The summed E-state index contributed by atoms with van der Waals surface area (Å²) in [5, 5.41) is 11.6. The average Bonchev–Trinajstić information content (AvgIpc) is 2.43. The summed E-state index contributed by atoms with van der Waals surface area (Å²) in [5.74, 6) is -1.40. The number of nitrogens with one attached hydrogen (secondary N) is 1. The highest BCUT2D eigenvalue weighted by Crippen LogP contribution is 2.23. The van der Waals surface area contributed by atoms with E-state index < -0.39 is 11.6 Å². The van der Waals surface area contributed by atoms with Crippen molar-refractivity contribution in [3.8, 4) is 6.07 Å². The van der Waals surface area contributed by atoms with Gasteiger partial charge in [-0.2, -0.15) is 5.26 Å². The molecule has 0 aliphatic carbocycles. The molecule has 102 valence electrons. The third-order valence-electron chi connectivity index (χ3n) is 3.55. The molecule has 1 aromatic carbocycles. The molecule has 0 bridgehead atoms. The summed E-state index contributed by atoms with van der Waals surface area (Å²) < 4.78 is 27.5. The first-order valence-corrected chi connectivity index (χ1v) is 6.52. The zero-order valence-corrected chi connectivity index (χ0v) is 10.9. The van der Waals surface area contributed by atoms with Crippen molar-refractivity contribution in [1.29, 1.82) is 5.26 Å². The number of rotatable bonds is 3. The van der Waals surface area contributed by atoms with Crippen LogP contribution in [0, 0.1) is 23.0 Å². The summed E-state index contributed by atoms with van der Waals surface area (Å²) in [7, 11) is 0. The smallest absolute Gasteiger partial charge is 0.150 e. The van der Waals surface area contributed by atoms with Crippen LogP contribution in [-0.2, 0) is 0 Å². The maximum absolute atomic E-state index is 13.7. The number of anilines is 1. The Kier molecular flexibility index (Phi) is 4.33. The van der Waals surface area contributed by atoms with Crippen LogP contribution in [0.5, 0.6) is 0 Å². The highest BCUT2D eigenvalue weighted by molar-refractivity contribution is 5.51. The normalized spacial score (nSPS) is 17.2.